The lowest BCUT2D eigenvalue weighted by Crippen LogP contribution is -2.31. The zero-order valence-corrected chi connectivity index (χ0v) is 20.4. The lowest BCUT2D eigenvalue weighted by Gasteiger charge is -2.25. The molecule has 0 unspecified atom stereocenters. The molecule has 184 valence electrons. The van der Waals surface area contributed by atoms with Gasteiger partial charge in [0.15, 0.2) is 0 Å². The summed E-state index contributed by atoms with van der Waals surface area (Å²) in [6.45, 7) is 2.42. The summed E-state index contributed by atoms with van der Waals surface area (Å²) < 4.78 is 3.15. The Labute approximate surface area is 209 Å². The molecule has 8 nitrogen and oxygen atoms in total. The van der Waals surface area contributed by atoms with E-state index in [1.807, 2.05) is 37.3 Å². The maximum absolute atomic E-state index is 13.1. The predicted octanol–water partition coefficient (Wildman–Crippen LogP) is 5.18. The minimum absolute atomic E-state index is 0.0248. The number of benzene rings is 2. The van der Waals surface area contributed by atoms with Crippen molar-refractivity contribution in [2.24, 2.45) is 7.05 Å². The molecule has 0 saturated heterocycles. The summed E-state index contributed by atoms with van der Waals surface area (Å²) in [5.41, 5.74) is 4.97. The van der Waals surface area contributed by atoms with E-state index in [2.05, 4.69) is 15.7 Å². The van der Waals surface area contributed by atoms with E-state index in [1.54, 1.807) is 42.1 Å². The number of nitrogens with zero attached hydrogens (tertiary/aromatic N) is 3. The molecule has 0 radical (unpaired) electrons. The van der Waals surface area contributed by atoms with E-state index in [0.29, 0.717) is 29.2 Å². The van der Waals surface area contributed by atoms with Gasteiger partial charge in [0.05, 0.1) is 11.4 Å². The van der Waals surface area contributed by atoms with Crippen molar-refractivity contribution in [3.8, 4) is 17.0 Å². The van der Waals surface area contributed by atoms with Gasteiger partial charge in [-0.3, -0.25) is 4.79 Å². The molecular weight excluding hydrogens is 454 g/mol. The van der Waals surface area contributed by atoms with Crippen molar-refractivity contribution in [2.75, 3.05) is 5.32 Å². The Hall–Kier alpha value is -4.33. The van der Waals surface area contributed by atoms with E-state index in [-0.39, 0.29) is 23.6 Å². The average Bonchev–Trinajstić information content (AvgIpc) is 3.45. The van der Waals surface area contributed by atoms with Gasteiger partial charge in [-0.05, 0) is 61.7 Å². The summed E-state index contributed by atoms with van der Waals surface area (Å²) in [7, 11) is 1.80. The molecule has 1 aliphatic rings. The van der Waals surface area contributed by atoms with Crippen molar-refractivity contribution in [3.05, 3.63) is 89.4 Å². The number of phenolic OH excluding ortho intramolecular Hbond substituents is 1. The number of phenols is 1. The Morgan fingerprint density at radius 2 is 1.86 bits per heavy atom. The highest BCUT2D eigenvalue weighted by molar-refractivity contribution is 6.03. The first kappa shape index (κ1) is 23.4. The number of hydrogen-bond donors (Lipinski definition) is 3. The van der Waals surface area contributed by atoms with Gasteiger partial charge in [-0.15, -0.1) is 0 Å². The Morgan fingerprint density at radius 1 is 1.08 bits per heavy atom. The van der Waals surface area contributed by atoms with Crippen molar-refractivity contribution in [1.82, 2.24) is 19.7 Å². The van der Waals surface area contributed by atoms with E-state index in [4.69, 9.17) is 0 Å². The molecule has 3 N–H and O–H groups in total. The van der Waals surface area contributed by atoms with Crippen LogP contribution in [-0.4, -0.2) is 31.4 Å². The fraction of sp³-hybridized carbons (Fsp3) is 0.250. The summed E-state index contributed by atoms with van der Waals surface area (Å²) in [4.78, 5) is 25.8. The molecular formula is C28H29N5O3. The first-order chi connectivity index (χ1) is 17.4. The molecule has 2 aromatic heterocycles. The van der Waals surface area contributed by atoms with Crippen molar-refractivity contribution >= 4 is 17.6 Å². The molecule has 5 rings (SSSR count). The molecule has 36 heavy (non-hydrogen) atoms. The van der Waals surface area contributed by atoms with Crippen LogP contribution in [-0.2, 0) is 13.6 Å². The van der Waals surface area contributed by atoms with Crippen LogP contribution in [0.25, 0.3) is 11.3 Å². The van der Waals surface area contributed by atoms with Gasteiger partial charge in [0.2, 0.25) is 0 Å². The summed E-state index contributed by atoms with van der Waals surface area (Å²) in [5, 5.41) is 21.0. The smallest absolute Gasteiger partial charge is 0.342 e. The number of rotatable bonds is 6. The van der Waals surface area contributed by atoms with E-state index in [9.17, 15) is 14.7 Å². The van der Waals surface area contributed by atoms with E-state index in [1.165, 1.54) is 10.7 Å². The number of hydrogen-bond acceptors (Lipinski definition) is 4. The number of aromatic nitrogens is 3. The van der Waals surface area contributed by atoms with Crippen molar-refractivity contribution < 1.29 is 14.7 Å². The largest absolute Gasteiger partial charge is 0.507 e. The molecule has 2 aromatic carbocycles. The van der Waals surface area contributed by atoms with Gasteiger partial charge in [0, 0.05) is 37.0 Å². The maximum atomic E-state index is 13.1. The molecule has 0 aliphatic heterocycles. The number of carbonyl (C=O) groups excluding carboxylic acids is 2. The number of nitrogens with one attached hydrogen (secondary N) is 2. The van der Waals surface area contributed by atoms with E-state index < -0.39 is 0 Å². The van der Waals surface area contributed by atoms with Crippen LogP contribution in [0.3, 0.4) is 0 Å². The fourth-order valence-corrected chi connectivity index (χ4v) is 4.35. The van der Waals surface area contributed by atoms with Crippen LogP contribution in [0.5, 0.6) is 5.75 Å². The Balaban J connectivity index is 1.40. The molecule has 1 aliphatic carbocycles. The lowest BCUT2D eigenvalue weighted by molar-refractivity contribution is 0.101. The van der Waals surface area contributed by atoms with Crippen LogP contribution in [0.2, 0.25) is 0 Å². The standard InChI is InChI=1S/C28H29N5O3/c1-18-8-10-19(11-9-18)17-29-28(36)33-25(20-5-3-6-20)16-23(31-33)22-15-21(12-13-26(22)34)30-27(35)24-7-4-14-32(24)2/h4,7-16,20,34H,3,5-6,17H2,1-2H3,(H,29,36)(H,30,35). The Kier molecular flexibility index (Phi) is 6.33. The highest BCUT2D eigenvalue weighted by atomic mass is 16.3. The molecule has 2 amide bonds. The first-order valence-corrected chi connectivity index (χ1v) is 12.1. The summed E-state index contributed by atoms with van der Waals surface area (Å²) >= 11 is 0. The molecule has 4 aromatic rings. The Bertz CT molecular complexity index is 1410. The molecule has 1 fully saturated rings. The third kappa shape index (κ3) is 4.75. The molecule has 0 atom stereocenters. The van der Waals surface area contributed by atoms with Crippen LogP contribution in [0.1, 0.15) is 52.5 Å². The number of aromatic hydroxyl groups is 1. The van der Waals surface area contributed by atoms with Gasteiger partial charge in [0.1, 0.15) is 11.4 Å². The quantitative estimate of drug-likeness (QED) is 0.329. The summed E-state index contributed by atoms with van der Waals surface area (Å²) in [5.74, 6) is 0.0193. The van der Waals surface area contributed by atoms with Crippen LogP contribution >= 0.6 is 0 Å². The number of amides is 2. The van der Waals surface area contributed by atoms with Crippen molar-refractivity contribution in [1.29, 1.82) is 0 Å². The lowest BCUT2D eigenvalue weighted by atomic mass is 9.82. The summed E-state index contributed by atoms with van der Waals surface area (Å²) in [6, 6.07) is 17.9. The second-order valence-corrected chi connectivity index (χ2v) is 9.33. The zero-order valence-electron chi connectivity index (χ0n) is 20.4. The van der Waals surface area contributed by atoms with Gasteiger partial charge in [-0.1, -0.05) is 36.2 Å². The maximum Gasteiger partial charge on any atom is 0.342 e. The second-order valence-electron chi connectivity index (χ2n) is 9.33. The van der Waals surface area contributed by atoms with Crippen molar-refractivity contribution in [3.63, 3.8) is 0 Å². The second kappa shape index (κ2) is 9.73. The fourth-order valence-electron chi connectivity index (χ4n) is 4.35. The molecule has 0 spiro atoms. The minimum Gasteiger partial charge on any atom is -0.507 e. The third-order valence-corrected chi connectivity index (χ3v) is 6.72. The van der Waals surface area contributed by atoms with Gasteiger partial charge in [0.25, 0.3) is 5.91 Å². The third-order valence-electron chi connectivity index (χ3n) is 6.72. The van der Waals surface area contributed by atoms with Crippen LogP contribution in [0.4, 0.5) is 10.5 Å². The van der Waals surface area contributed by atoms with Crippen LogP contribution < -0.4 is 10.6 Å². The number of carbonyl (C=O) groups is 2. The zero-order chi connectivity index (χ0) is 25.2. The Morgan fingerprint density at radius 3 is 2.53 bits per heavy atom. The normalized spacial score (nSPS) is 13.3. The molecule has 2 heterocycles. The van der Waals surface area contributed by atoms with Crippen LogP contribution in [0.15, 0.2) is 66.9 Å². The molecule has 8 heteroatoms. The monoisotopic (exact) mass is 483 g/mol. The number of anilines is 1. The van der Waals surface area contributed by atoms with Gasteiger partial charge < -0.3 is 20.3 Å². The molecule has 1 saturated carbocycles. The van der Waals surface area contributed by atoms with Gasteiger partial charge in [-0.2, -0.15) is 9.78 Å². The predicted molar refractivity (Wildman–Crippen MR) is 138 cm³/mol. The topological polar surface area (TPSA) is 101 Å². The van der Waals surface area contributed by atoms with E-state index in [0.717, 1.165) is 36.1 Å². The van der Waals surface area contributed by atoms with Gasteiger partial charge >= 0.3 is 6.03 Å². The van der Waals surface area contributed by atoms with E-state index >= 15 is 0 Å². The highest BCUT2D eigenvalue weighted by Gasteiger charge is 2.27. The van der Waals surface area contributed by atoms with Crippen molar-refractivity contribution in [2.45, 2.75) is 38.6 Å². The average molecular weight is 484 g/mol. The number of aryl methyl sites for hydroxylation is 2. The summed E-state index contributed by atoms with van der Waals surface area (Å²) in [6.07, 6.45) is 4.90. The first-order valence-electron chi connectivity index (χ1n) is 12.1. The minimum atomic E-state index is -0.309. The molecule has 0 bridgehead atoms. The SMILES string of the molecule is Cc1ccc(CNC(=O)n2nc(-c3cc(NC(=O)c4cccn4C)ccc3O)cc2C2CCC2)cc1. The van der Waals surface area contributed by atoms with Gasteiger partial charge in [-0.25, -0.2) is 4.79 Å². The van der Waals surface area contributed by atoms with Crippen LogP contribution in [0, 0.1) is 6.92 Å². The highest BCUT2D eigenvalue weighted by Crippen LogP contribution is 2.39.